The Balaban J connectivity index is 2.35. The maximum atomic E-state index is 12.2. The molecule has 0 saturated heterocycles. The Hall–Kier alpha value is -1.65. The summed E-state index contributed by atoms with van der Waals surface area (Å²) in [5.41, 5.74) is 2.72. The smallest absolute Gasteiger partial charge is 0.338 e. The number of aliphatic hydroxyl groups is 1. The van der Waals surface area contributed by atoms with E-state index in [2.05, 4.69) is 15.9 Å². The largest absolute Gasteiger partial charge is 0.456 e. The molecule has 1 N–H and O–H groups in total. The average Bonchev–Trinajstić information content (AvgIpc) is 2.45. The summed E-state index contributed by atoms with van der Waals surface area (Å²) in [5.74, 6) is -0.345. The van der Waals surface area contributed by atoms with Crippen LogP contribution in [0, 0.1) is 0 Å². The Morgan fingerprint density at radius 2 is 1.73 bits per heavy atom. The van der Waals surface area contributed by atoms with Crippen molar-refractivity contribution in [2.75, 3.05) is 0 Å². The van der Waals surface area contributed by atoms with Gasteiger partial charge in [0.1, 0.15) is 5.60 Å². The zero-order valence-electron chi connectivity index (χ0n) is 12.9. The maximum absolute atomic E-state index is 12.2. The van der Waals surface area contributed by atoms with Gasteiger partial charge in [-0.2, -0.15) is 0 Å². The molecule has 4 heteroatoms. The minimum Gasteiger partial charge on any atom is -0.456 e. The summed E-state index contributed by atoms with van der Waals surface area (Å²) in [6.07, 6.45) is 0. The Labute approximate surface area is 139 Å². The first-order valence-electron chi connectivity index (χ1n) is 7.02. The van der Waals surface area contributed by atoms with Crippen LogP contribution in [0.2, 0.25) is 0 Å². The summed E-state index contributed by atoms with van der Waals surface area (Å²) in [6.45, 7) is 5.55. The fraction of sp³-hybridized carbons (Fsp3) is 0.278. The molecule has 0 bridgehead atoms. The van der Waals surface area contributed by atoms with Crippen molar-refractivity contribution >= 4 is 21.9 Å². The molecule has 22 heavy (non-hydrogen) atoms. The van der Waals surface area contributed by atoms with Crippen molar-refractivity contribution in [1.82, 2.24) is 0 Å². The van der Waals surface area contributed by atoms with E-state index in [0.29, 0.717) is 5.56 Å². The Morgan fingerprint density at radius 1 is 1.09 bits per heavy atom. The molecule has 2 aromatic carbocycles. The Kier molecular flexibility index (Phi) is 5.04. The molecule has 0 heterocycles. The molecule has 2 aromatic rings. The highest BCUT2D eigenvalue weighted by Gasteiger charge is 2.18. The summed E-state index contributed by atoms with van der Waals surface area (Å²) >= 11 is 3.44. The second-order valence-electron chi connectivity index (χ2n) is 6.09. The molecule has 2 rings (SSSR count). The van der Waals surface area contributed by atoms with Crippen molar-refractivity contribution in [3.63, 3.8) is 0 Å². The number of ether oxygens (including phenoxy) is 1. The van der Waals surface area contributed by atoms with Crippen LogP contribution in [0.3, 0.4) is 0 Å². The summed E-state index contributed by atoms with van der Waals surface area (Å²) in [7, 11) is 0. The van der Waals surface area contributed by atoms with Crippen LogP contribution in [0.1, 0.15) is 36.7 Å². The van der Waals surface area contributed by atoms with Gasteiger partial charge in [0.15, 0.2) is 0 Å². The van der Waals surface area contributed by atoms with Gasteiger partial charge in [-0.15, -0.1) is 0 Å². The van der Waals surface area contributed by atoms with Crippen LogP contribution in [-0.4, -0.2) is 16.7 Å². The van der Waals surface area contributed by atoms with Gasteiger partial charge in [-0.1, -0.05) is 40.2 Å². The lowest BCUT2D eigenvalue weighted by molar-refractivity contribution is 0.00695. The van der Waals surface area contributed by atoms with Gasteiger partial charge in [0, 0.05) is 4.47 Å². The molecular weight excluding hydrogens is 344 g/mol. The van der Waals surface area contributed by atoms with Gasteiger partial charge in [0.05, 0.1) is 12.2 Å². The molecule has 0 unspecified atom stereocenters. The van der Waals surface area contributed by atoms with E-state index in [-0.39, 0.29) is 12.6 Å². The summed E-state index contributed by atoms with van der Waals surface area (Å²) in [4.78, 5) is 12.2. The minimum absolute atomic E-state index is 0.0158. The quantitative estimate of drug-likeness (QED) is 0.813. The Bertz CT molecular complexity index is 670. The molecule has 0 radical (unpaired) electrons. The van der Waals surface area contributed by atoms with Crippen LogP contribution < -0.4 is 0 Å². The van der Waals surface area contributed by atoms with Gasteiger partial charge >= 0.3 is 5.97 Å². The van der Waals surface area contributed by atoms with Gasteiger partial charge in [0.2, 0.25) is 0 Å². The van der Waals surface area contributed by atoms with Crippen molar-refractivity contribution in [2.45, 2.75) is 33.0 Å². The monoisotopic (exact) mass is 362 g/mol. The van der Waals surface area contributed by atoms with Crippen LogP contribution in [-0.2, 0) is 11.3 Å². The number of halogens is 1. The molecule has 0 amide bonds. The summed E-state index contributed by atoms with van der Waals surface area (Å²) in [5, 5.41) is 9.10. The number of esters is 1. The number of hydrogen-bond donors (Lipinski definition) is 1. The number of benzene rings is 2. The number of rotatable bonds is 3. The van der Waals surface area contributed by atoms with Gasteiger partial charge in [0.25, 0.3) is 0 Å². The lowest BCUT2D eigenvalue weighted by Crippen LogP contribution is -2.23. The second-order valence-corrected chi connectivity index (χ2v) is 7.00. The molecule has 0 saturated carbocycles. The van der Waals surface area contributed by atoms with E-state index in [0.717, 1.165) is 21.2 Å². The molecule has 3 nitrogen and oxygen atoms in total. The van der Waals surface area contributed by atoms with Crippen molar-refractivity contribution in [3.8, 4) is 11.1 Å². The first kappa shape index (κ1) is 16.7. The number of carbonyl (C=O) groups excluding carboxylic acids is 1. The molecule has 0 aliphatic rings. The van der Waals surface area contributed by atoms with Crippen LogP contribution in [0.25, 0.3) is 11.1 Å². The molecule has 0 fully saturated rings. The van der Waals surface area contributed by atoms with E-state index < -0.39 is 5.60 Å². The molecule has 0 aliphatic heterocycles. The number of carbonyl (C=O) groups is 1. The van der Waals surface area contributed by atoms with Gasteiger partial charge in [-0.3, -0.25) is 0 Å². The van der Waals surface area contributed by atoms with Crippen molar-refractivity contribution in [2.24, 2.45) is 0 Å². The summed E-state index contributed by atoms with van der Waals surface area (Å²) in [6, 6.07) is 13.1. The van der Waals surface area contributed by atoms with Gasteiger partial charge in [-0.05, 0) is 55.7 Å². The van der Waals surface area contributed by atoms with E-state index >= 15 is 0 Å². The van der Waals surface area contributed by atoms with E-state index in [1.54, 1.807) is 6.07 Å². The van der Waals surface area contributed by atoms with Crippen molar-refractivity contribution < 1.29 is 14.6 Å². The number of aliphatic hydroxyl groups excluding tert-OH is 1. The number of hydrogen-bond acceptors (Lipinski definition) is 3. The molecule has 0 aliphatic carbocycles. The lowest BCUT2D eigenvalue weighted by atomic mass is 10.0. The third-order valence-electron chi connectivity index (χ3n) is 3.00. The molecule has 0 atom stereocenters. The predicted octanol–water partition coefficient (Wildman–Crippen LogP) is 4.56. The molecule has 0 spiro atoms. The standard InChI is InChI=1S/C18H19BrO3/c1-18(2,3)22-17(21)15-8-14(9-16(19)10-15)13-6-4-12(11-20)5-7-13/h4-10,20H,11H2,1-3H3. The lowest BCUT2D eigenvalue weighted by Gasteiger charge is -2.19. The molecular formula is C18H19BrO3. The topological polar surface area (TPSA) is 46.5 Å². The normalized spacial score (nSPS) is 11.3. The zero-order valence-corrected chi connectivity index (χ0v) is 14.5. The van der Waals surface area contributed by atoms with Gasteiger partial charge in [-0.25, -0.2) is 4.79 Å². The Morgan fingerprint density at radius 3 is 2.27 bits per heavy atom. The van der Waals surface area contributed by atoms with E-state index in [1.807, 2.05) is 57.2 Å². The van der Waals surface area contributed by atoms with E-state index in [9.17, 15) is 4.79 Å². The van der Waals surface area contributed by atoms with Crippen molar-refractivity contribution in [3.05, 3.63) is 58.1 Å². The van der Waals surface area contributed by atoms with Gasteiger partial charge < -0.3 is 9.84 Å². The van der Waals surface area contributed by atoms with Crippen LogP contribution in [0.4, 0.5) is 0 Å². The molecule has 116 valence electrons. The van der Waals surface area contributed by atoms with E-state index in [1.165, 1.54) is 0 Å². The highest BCUT2D eigenvalue weighted by Crippen LogP contribution is 2.26. The predicted molar refractivity (Wildman–Crippen MR) is 90.7 cm³/mol. The third kappa shape index (κ3) is 4.42. The van der Waals surface area contributed by atoms with Crippen LogP contribution in [0.5, 0.6) is 0 Å². The van der Waals surface area contributed by atoms with Crippen LogP contribution >= 0.6 is 15.9 Å². The SMILES string of the molecule is CC(C)(C)OC(=O)c1cc(Br)cc(-c2ccc(CO)cc2)c1. The average molecular weight is 363 g/mol. The third-order valence-corrected chi connectivity index (χ3v) is 3.46. The highest BCUT2D eigenvalue weighted by molar-refractivity contribution is 9.10. The molecule has 0 aromatic heterocycles. The van der Waals surface area contributed by atoms with E-state index in [4.69, 9.17) is 9.84 Å². The first-order valence-corrected chi connectivity index (χ1v) is 7.82. The fourth-order valence-corrected chi connectivity index (χ4v) is 2.51. The highest BCUT2D eigenvalue weighted by atomic mass is 79.9. The minimum atomic E-state index is -0.525. The maximum Gasteiger partial charge on any atom is 0.338 e. The second kappa shape index (κ2) is 6.63. The summed E-state index contributed by atoms with van der Waals surface area (Å²) < 4.78 is 6.23. The van der Waals surface area contributed by atoms with Crippen molar-refractivity contribution in [1.29, 1.82) is 0 Å². The first-order chi connectivity index (χ1) is 10.3. The fourth-order valence-electron chi connectivity index (χ4n) is 2.01. The zero-order chi connectivity index (χ0) is 16.3. The van der Waals surface area contributed by atoms with Crippen LogP contribution in [0.15, 0.2) is 46.9 Å².